The fourth-order valence-corrected chi connectivity index (χ4v) is 2.71. The van der Waals surface area contributed by atoms with E-state index in [4.69, 9.17) is 23.2 Å². The molecule has 6 heteroatoms. The van der Waals surface area contributed by atoms with Gasteiger partial charge in [0.05, 0.1) is 16.5 Å². The Morgan fingerprint density at radius 3 is 2.71 bits per heavy atom. The van der Waals surface area contributed by atoms with Crippen molar-refractivity contribution in [3.05, 3.63) is 62.9 Å². The Hall–Kier alpha value is -1.91. The zero-order valence-electron chi connectivity index (χ0n) is 10.5. The van der Waals surface area contributed by atoms with E-state index in [0.717, 1.165) is 0 Å². The van der Waals surface area contributed by atoms with Gasteiger partial charge in [0, 0.05) is 16.8 Å². The quantitative estimate of drug-likeness (QED) is 0.853. The molecule has 0 atom stereocenters. The average molecular weight is 324 g/mol. The van der Waals surface area contributed by atoms with Gasteiger partial charge in [-0.1, -0.05) is 29.3 Å². The zero-order valence-corrected chi connectivity index (χ0v) is 12.1. The maximum absolute atomic E-state index is 13.5. The summed E-state index contributed by atoms with van der Waals surface area (Å²) in [5.74, 6) is -1.31. The smallest absolute Gasteiger partial charge is 0.228 e. The van der Waals surface area contributed by atoms with Gasteiger partial charge in [0.2, 0.25) is 5.91 Å². The molecule has 0 aromatic heterocycles. The number of hydrogen-bond acceptors (Lipinski definition) is 2. The number of carbonyl (C=O) groups is 2. The van der Waals surface area contributed by atoms with Gasteiger partial charge in [-0.2, -0.15) is 0 Å². The number of hydrogen-bond donors (Lipinski definition) is 1. The SMILES string of the molecule is O=C1Cc2cc(C(=O)c3cccc(F)c3Cl)c(Cl)cc2N1. The van der Waals surface area contributed by atoms with Crippen molar-refractivity contribution >= 4 is 40.6 Å². The molecule has 1 aliphatic heterocycles. The Balaban J connectivity index is 2.09. The molecule has 0 bridgehead atoms. The van der Waals surface area contributed by atoms with Gasteiger partial charge >= 0.3 is 0 Å². The molecule has 21 heavy (non-hydrogen) atoms. The van der Waals surface area contributed by atoms with Crippen LogP contribution in [-0.4, -0.2) is 11.7 Å². The number of anilines is 1. The molecule has 0 saturated heterocycles. The summed E-state index contributed by atoms with van der Waals surface area (Å²) >= 11 is 11.9. The topological polar surface area (TPSA) is 46.2 Å². The minimum absolute atomic E-state index is 0.0378. The number of rotatable bonds is 2. The van der Waals surface area contributed by atoms with Crippen LogP contribution in [0.5, 0.6) is 0 Å². The van der Waals surface area contributed by atoms with Crippen LogP contribution in [0.2, 0.25) is 10.0 Å². The fourth-order valence-electron chi connectivity index (χ4n) is 2.25. The lowest BCUT2D eigenvalue weighted by Gasteiger charge is -2.08. The Morgan fingerprint density at radius 1 is 1.19 bits per heavy atom. The molecule has 1 amide bonds. The van der Waals surface area contributed by atoms with E-state index < -0.39 is 11.6 Å². The Labute approximate surface area is 129 Å². The summed E-state index contributed by atoms with van der Waals surface area (Å²) in [7, 11) is 0. The molecule has 1 aliphatic rings. The number of ketones is 1. The lowest BCUT2D eigenvalue weighted by Crippen LogP contribution is -2.05. The van der Waals surface area contributed by atoms with Gasteiger partial charge in [-0.25, -0.2) is 4.39 Å². The first-order chi connectivity index (χ1) is 9.97. The monoisotopic (exact) mass is 323 g/mol. The lowest BCUT2D eigenvalue weighted by atomic mass is 10.00. The third-order valence-corrected chi connectivity index (χ3v) is 3.96. The minimum Gasteiger partial charge on any atom is -0.325 e. The maximum atomic E-state index is 13.5. The van der Waals surface area contributed by atoms with E-state index in [1.54, 1.807) is 6.07 Å². The summed E-state index contributed by atoms with van der Waals surface area (Å²) in [4.78, 5) is 23.8. The van der Waals surface area contributed by atoms with Gasteiger partial charge < -0.3 is 5.32 Å². The van der Waals surface area contributed by atoms with Gasteiger partial charge in [0.25, 0.3) is 0 Å². The number of halogens is 3. The number of fused-ring (bicyclic) bond motifs is 1. The van der Waals surface area contributed by atoms with E-state index in [0.29, 0.717) is 11.3 Å². The summed E-state index contributed by atoms with van der Waals surface area (Å²) in [6.45, 7) is 0. The number of benzene rings is 2. The van der Waals surface area contributed by atoms with Gasteiger partial charge in [-0.15, -0.1) is 0 Å². The Kier molecular flexibility index (Phi) is 3.43. The molecule has 0 spiro atoms. The van der Waals surface area contributed by atoms with Crippen LogP contribution in [-0.2, 0) is 11.2 Å². The van der Waals surface area contributed by atoms with Crippen molar-refractivity contribution in [1.82, 2.24) is 0 Å². The molecular formula is C15H8Cl2FNO2. The van der Waals surface area contributed by atoms with Crippen molar-refractivity contribution in [2.75, 3.05) is 5.32 Å². The molecule has 0 radical (unpaired) electrons. The predicted octanol–water partition coefficient (Wildman–Crippen LogP) is 3.86. The largest absolute Gasteiger partial charge is 0.325 e. The zero-order chi connectivity index (χ0) is 15.1. The van der Waals surface area contributed by atoms with Crippen LogP contribution in [0.3, 0.4) is 0 Å². The third kappa shape index (κ3) is 2.41. The normalized spacial score (nSPS) is 13.0. The van der Waals surface area contributed by atoms with Gasteiger partial charge in [-0.3, -0.25) is 9.59 Å². The van der Waals surface area contributed by atoms with E-state index >= 15 is 0 Å². The van der Waals surface area contributed by atoms with Crippen LogP contribution in [0, 0.1) is 5.82 Å². The highest BCUT2D eigenvalue weighted by molar-refractivity contribution is 6.38. The molecule has 0 fully saturated rings. The average Bonchev–Trinajstić information content (AvgIpc) is 2.79. The summed E-state index contributed by atoms with van der Waals surface area (Å²) in [6, 6.07) is 7.06. The van der Waals surface area contributed by atoms with Crippen LogP contribution in [0.4, 0.5) is 10.1 Å². The second-order valence-electron chi connectivity index (χ2n) is 4.64. The maximum Gasteiger partial charge on any atom is 0.228 e. The first-order valence-corrected chi connectivity index (χ1v) is 6.84. The van der Waals surface area contributed by atoms with Crippen molar-refractivity contribution in [3.63, 3.8) is 0 Å². The molecule has 106 valence electrons. The first-order valence-electron chi connectivity index (χ1n) is 6.08. The summed E-state index contributed by atoms with van der Waals surface area (Å²) < 4.78 is 13.5. The second-order valence-corrected chi connectivity index (χ2v) is 5.43. The molecule has 3 rings (SSSR count). The molecule has 2 aromatic carbocycles. The Bertz CT molecular complexity index is 789. The first kappa shape index (κ1) is 14.0. The third-order valence-electron chi connectivity index (χ3n) is 3.26. The highest BCUT2D eigenvalue weighted by Gasteiger charge is 2.24. The lowest BCUT2D eigenvalue weighted by molar-refractivity contribution is -0.115. The van der Waals surface area contributed by atoms with Gasteiger partial charge in [0.1, 0.15) is 5.82 Å². The molecule has 0 saturated carbocycles. The summed E-state index contributed by atoms with van der Waals surface area (Å²) in [5, 5.41) is 2.58. The van der Waals surface area contributed by atoms with E-state index in [9.17, 15) is 14.0 Å². The molecule has 1 heterocycles. The molecule has 1 N–H and O–H groups in total. The number of carbonyl (C=O) groups excluding carboxylic acids is 2. The van der Waals surface area contributed by atoms with E-state index in [-0.39, 0.29) is 33.5 Å². The van der Waals surface area contributed by atoms with Crippen molar-refractivity contribution < 1.29 is 14.0 Å². The van der Waals surface area contributed by atoms with Gasteiger partial charge in [-0.05, 0) is 29.8 Å². The highest BCUT2D eigenvalue weighted by atomic mass is 35.5. The van der Waals surface area contributed by atoms with Crippen molar-refractivity contribution in [3.8, 4) is 0 Å². The van der Waals surface area contributed by atoms with Crippen molar-refractivity contribution in [1.29, 1.82) is 0 Å². The van der Waals surface area contributed by atoms with E-state index in [1.165, 1.54) is 24.3 Å². The summed E-state index contributed by atoms with van der Waals surface area (Å²) in [5.41, 5.74) is 1.50. The van der Waals surface area contributed by atoms with Crippen LogP contribution in [0.1, 0.15) is 21.5 Å². The van der Waals surface area contributed by atoms with Crippen molar-refractivity contribution in [2.45, 2.75) is 6.42 Å². The standard InChI is InChI=1S/C15H8Cl2FNO2/c16-10-6-12-7(5-13(20)19-12)4-9(10)15(21)8-2-1-3-11(18)14(8)17/h1-4,6H,5H2,(H,19,20). The van der Waals surface area contributed by atoms with Crippen LogP contribution >= 0.6 is 23.2 Å². The van der Waals surface area contributed by atoms with Gasteiger partial charge in [0.15, 0.2) is 5.78 Å². The molecular weight excluding hydrogens is 316 g/mol. The number of amides is 1. The van der Waals surface area contributed by atoms with Crippen molar-refractivity contribution in [2.24, 2.45) is 0 Å². The minimum atomic E-state index is -0.670. The summed E-state index contributed by atoms with van der Waals surface area (Å²) in [6.07, 6.45) is 0.184. The molecule has 0 unspecified atom stereocenters. The van der Waals surface area contributed by atoms with Crippen LogP contribution in [0.15, 0.2) is 30.3 Å². The van der Waals surface area contributed by atoms with E-state index in [2.05, 4.69) is 5.32 Å². The fraction of sp³-hybridized carbons (Fsp3) is 0.0667. The highest BCUT2D eigenvalue weighted by Crippen LogP contribution is 2.32. The predicted molar refractivity (Wildman–Crippen MR) is 78.6 cm³/mol. The number of nitrogens with one attached hydrogen (secondary N) is 1. The van der Waals surface area contributed by atoms with E-state index in [1.807, 2.05) is 0 Å². The van der Waals surface area contributed by atoms with Crippen LogP contribution < -0.4 is 5.32 Å². The molecule has 2 aromatic rings. The Morgan fingerprint density at radius 2 is 1.95 bits per heavy atom. The van der Waals surface area contributed by atoms with Crippen LogP contribution in [0.25, 0.3) is 0 Å². The molecule has 3 nitrogen and oxygen atoms in total. The second kappa shape index (κ2) is 5.13. The molecule has 0 aliphatic carbocycles.